The second-order valence-corrected chi connectivity index (χ2v) is 4.84. The van der Waals surface area contributed by atoms with Crippen LogP contribution in [0, 0.1) is 5.92 Å². The van der Waals surface area contributed by atoms with Crippen LogP contribution in [0.2, 0.25) is 0 Å². The third-order valence-electron chi connectivity index (χ3n) is 3.29. The second kappa shape index (κ2) is 5.73. The number of nitrogens with one attached hydrogen (secondary N) is 1. The van der Waals surface area contributed by atoms with Crippen LogP contribution in [0.1, 0.15) is 19.3 Å². The zero-order valence-electron chi connectivity index (χ0n) is 10.9. The maximum atomic E-state index is 12.0. The van der Waals surface area contributed by atoms with Crippen molar-refractivity contribution < 1.29 is 14.7 Å². The van der Waals surface area contributed by atoms with Crippen molar-refractivity contribution in [3.8, 4) is 0 Å². The lowest BCUT2D eigenvalue weighted by molar-refractivity contribution is -0.137. The molecule has 19 heavy (non-hydrogen) atoms. The molecule has 2 amide bonds. The fourth-order valence-corrected chi connectivity index (χ4v) is 2.25. The van der Waals surface area contributed by atoms with Crippen molar-refractivity contribution in [2.75, 3.05) is 18.4 Å². The Morgan fingerprint density at radius 1 is 1.58 bits per heavy atom. The van der Waals surface area contributed by atoms with Gasteiger partial charge in [0.1, 0.15) is 0 Å². The van der Waals surface area contributed by atoms with Crippen LogP contribution in [-0.2, 0) is 11.8 Å². The predicted octanol–water partition coefficient (Wildman–Crippen LogP) is 1.14. The monoisotopic (exact) mass is 266 g/mol. The van der Waals surface area contributed by atoms with E-state index in [4.69, 9.17) is 5.11 Å². The van der Waals surface area contributed by atoms with E-state index >= 15 is 0 Å². The molecule has 2 heterocycles. The molecule has 0 bridgehead atoms. The van der Waals surface area contributed by atoms with Crippen molar-refractivity contribution in [1.29, 1.82) is 0 Å². The molecular formula is C12H18N4O3. The Morgan fingerprint density at radius 2 is 2.37 bits per heavy atom. The van der Waals surface area contributed by atoms with Gasteiger partial charge in [0.25, 0.3) is 0 Å². The summed E-state index contributed by atoms with van der Waals surface area (Å²) in [6, 6.07) is 1.56. The number of likely N-dealkylation sites (tertiary alicyclic amines) is 1. The Hall–Kier alpha value is -2.05. The van der Waals surface area contributed by atoms with Gasteiger partial charge >= 0.3 is 12.0 Å². The van der Waals surface area contributed by atoms with E-state index in [1.165, 1.54) is 0 Å². The Morgan fingerprint density at radius 3 is 3.00 bits per heavy atom. The first-order valence-corrected chi connectivity index (χ1v) is 6.32. The summed E-state index contributed by atoms with van der Waals surface area (Å²) in [7, 11) is 1.79. The number of urea groups is 1. The molecule has 1 saturated heterocycles. The molecule has 0 aliphatic carbocycles. The van der Waals surface area contributed by atoms with Crippen molar-refractivity contribution in [3.63, 3.8) is 0 Å². The first-order valence-electron chi connectivity index (χ1n) is 6.32. The maximum Gasteiger partial charge on any atom is 0.323 e. The summed E-state index contributed by atoms with van der Waals surface area (Å²) in [5.41, 5.74) is 0. The quantitative estimate of drug-likeness (QED) is 0.855. The minimum Gasteiger partial charge on any atom is -0.481 e. The fraction of sp³-hybridized carbons (Fsp3) is 0.583. The minimum absolute atomic E-state index is 0.167. The summed E-state index contributed by atoms with van der Waals surface area (Å²) >= 11 is 0. The highest BCUT2D eigenvalue weighted by atomic mass is 16.4. The smallest absolute Gasteiger partial charge is 0.323 e. The molecule has 1 aliphatic rings. The van der Waals surface area contributed by atoms with E-state index in [1.54, 1.807) is 28.9 Å². The molecule has 1 atom stereocenters. The highest BCUT2D eigenvalue weighted by Crippen LogP contribution is 2.21. The molecule has 0 saturated carbocycles. The van der Waals surface area contributed by atoms with E-state index in [0.29, 0.717) is 25.3 Å². The molecule has 7 heteroatoms. The number of aryl methyl sites for hydroxylation is 1. The average molecular weight is 266 g/mol. The molecular weight excluding hydrogens is 248 g/mol. The van der Waals surface area contributed by atoms with Gasteiger partial charge in [-0.05, 0) is 18.8 Å². The van der Waals surface area contributed by atoms with Crippen LogP contribution in [0.5, 0.6) is 0 Å². The number of hydrogen-bond acceptors (Lipinski definition) is 3. The van der Waals surface area contributed by atoms with Gasteiger partial charge in [0, 0.05) is 38.8 Å². The van der Waals surface area contributed by atoms with Crippen molar-refractivity contribution in [1.82, 2.24) is 14.7 Å². The van der Waals surface area contributed by atoms with Gasteiger partial charge in [0.15, 0.2) is 5.82 Å². The van der Waals surface area contributed by atoms with Gasteiger partial charge in [-0.1, -0.05) is 0 Å². The summed E-state index contributed by atoms with van der Waals surface area (Å²) in [5.74, 6) is 0.0310. The third-order valence-corrected chi connectivity index (χ3v) is 3.29. The molecule has 1 aromatic heterocycles. The lowest BCUT2D eigenvalue weighted by Gasteiger charge is -2.16. The number of nitrogens with zero attached hydrogens (tertiary/aromatic N) is 3. The van der Waals surface area contributed by atoms with Crippen molar-refractivity contribution >= 4 is 17.8 Å². The van der Waals surface area contributed by atoms with E-state index in [2.05, 4.69) is 10.4 Å². The van der Waals surface area contributed by atoms with E-state index in [9.17, 15) is 9.59 Å². The van der Waals surface area contributed by atoms with Crippen molar-refractivity contribution in [2.24, 2.45) is 13.0 Å². The predicted molar refractivity (Wildman–Crippen MR) is 68.8 cm³/mol. The number of amides is 2. The van der Waals surface area contributed by atoms with Gasteiger partial charge in [-0.25, -0.2) is 4.79 Å². The Bertz CT molecular complexity index is 471. The van der Waals surface area contributed by atoms with E-state index in [1.807, 2.05) is 0 Å². The number of carbonyl (C=O) groups excluding carboxylic acids is 1. The van der Waals surface area contributed by atoms with Crippen LogP contribution < -0.4 is 5.32 Å². The van der Waals surface area contributed by atoms with Crippen LogP contribution in [0.4, 0.5) is 10.6 Å². The number of carboxylic acid groups (broad SMARTS) is 1. The van der Waals surface area contributed by atoms with Crippen LogP contribution in [-0.4, -0.2) is 44.9 Å². The Balaban J connectivity index is 1.80. The molecule has 2 N–H and O–H groups in total. The Labute approximate surface area is 111 Å². The number of carbonyl (C=O) groups is 2. The van der Waals surface area contributed by atoms with Gasteiger partial charge in [-0.2, -0.15) is 5.10 Å². The van der Waals surface area contributed by atoms with Gasteiger partial charge in [0.05, 0.1) is 0 Å². The lowest BCUT2D eigenvalue weighted by Crippen LogP contribution is -2.33. The zero-order valence-corrected chi connectivity index (χ0v) is 10.9. The highest BCUT2D eigenvalue weighted by Gasteiger charge is 2.26. The van der Waals surface area contributed by atoms with E-state index < -0.39 is 5.97 Å². The number of anilines is 1. The van der Waals surface area contributed by atoms with E-state index in [-0.39, 0.29) is 18.4 Å². The molecule has 0 radical (unpaired) electrons. The summed E-state index contributed by atoms with van der Waals surface area (Å²) in [5, 5.41) is 15.5. The van der Waals surface area contributed by atoms with Crippen molar-refractivity contribution in [2.45, 2.75) is 19.3 Å². The summed E-state index contributed by atoms with van der Waals surface area (Å²) in [6.07, 6.45) is 3.42. The average Bonchev–Trinajstić information content (AvgIpc) is 2.95. The summed E-state index contributed by atoms with van der Waals surface area (Å²) in [4.78, 5) is 24.2. The van der Waals surface area contributed by atoms with Gasteiger partial charge in [-0.3, -0.25) is 14.8 Å². The number of carboxylic acids is 1. The molecule has 0 aromatic carbocycles. The SMILES string of the molecule is Cn1ccc(NC(=O)N2CCC(CCC(=O)O)C2)n1. The molecule has 1 unspecified atom stereocenters. The summed E-state index contributed by atoms with van der Waals surface area (Å²) < 4.78 is 1.62. The molecule has 2 rings (SSSR count). The molecule has 104 valence electrons. The second-order valence-electron chi connectivity index (χ2n) is 4.84. The number of aromatic nitrogens is 2. The molecule has 1 aliphatic heterocycles. The first-order chi connectivity index (χ1) is 9.04. The number of aliphatic carboxylic acids is 1. The molecule has 0 spiro atoms. The van der Waals surface area contributed by atoms with Gasteiger partial charge in [0.2, 0.25) is 0 Å². The van der Waals surface area contributed by atoms with Crippen LogP contribution in [0.15, 0.2) is 12.3 Å². The maximum absolute atomic E-state index is 12.0. The minimum atomic E-state index is -0.781. The normalized spacial score (nSPS) is 18.6. The molecule has 1 aromatic rings. The molecule has 1 fully saturated rings. The van der Waals surface area contributed by atoms with Gasteiger partial charge < -0.3 is 10.0 Å². The highest BCUT2D eigenvalue weighted by molar-refractivity contribution is 5.88. The summed E-state index contributed by atoms with van der Waals surface area (Å²) in [6.45, 7) is 1.29. The number of hydrogen-bond donors (Lipinski definition) is 2. The number of rotatable bonds is 4. The lowest BCUT2D eigenvalue weighted by atomic mass is 10.0. The van der Waals surface area contributed by atoms with Gasteiger partial charge in [-0.15, -0.1) is 0 Å². The molecule has 7 nitrogen and oxygen atoms in total. The van der Waals surface area contributed by atoms with Crippen LogP contribution in [0.25, 0.3) is 0 Å². The Kier molecular flexibility index (Phi) is 4.03. The zero-order chi connectivity index (χ0) is 13.8. The first kappa shape index (κ1) is 13.4. The topological polar surface area (TPSA) is 87.5 Å². The van der Waals surface area contributed by atoms with Crippen molar-refractivity contribution in [3.05, 3.63) is 12.3 Å². The van der Waals surface area contributed by atoms with Crippen LogP contribution in [0.3, 0.4) is 0 Å². The van der Waals surface area contributed by atoms with E-state index in [0.717, 1.165) is 6.42 Å². The fourth-order valence-electron chi connectivity index (χ4n) is 2.25. The largest absolute Gasteiger partial charge is 0.481 e. The standard InChI is InChI=1S/C12H18N4O3/c1-15-6-5-10(14-15)13-12(19)16-7-4-9(8-16)2-3-11(17)18/h5-6,9H,2-4,7-8H2,1H3,(H,17,18)(H,13,14,19). The third kappa shape index (κ3) is 3.70. The van der Waals surface area contributed by atoms with Crippen LogP contribution >= 0.6 is 0 Å².